The maximum Gasteiger partial charge on any atom is 0.0480 e. The van der Waals surface area contributed by atoms with E-state index in [1.807, 2.05) is 20.9 Å². The van der Waals surface area contributed by atoms with Gasteiger partial charge in [0, 0.05) is 26.4 Å². The molecule has 1 fully saturated rings. The molecule has 0 unspecified atom stereocenters. The van der Waals surface area contributed by atoms with Crippen LogP contribution in [-0.4, -0.2) is 38.5 Å². The summed E-state index contributed by atoms with van der Waals surface area (Å²) < 4.78 is 5.16. The number of aliphatic hydroxyl groups excluding tert-OH is 1. The highest BCUT2D eigenvalue weighted by Crippen LogP contribution is 2.04. The smallest absolute Gasteiger partial charge is 0.0480 e. The summed E-state index contributed by atoms with van der Waals surface area (Å²) in [6.45, 7) is 5.87. The van der Waals surface area contributed by atoms with Crippen LogP contribution in [0.3, 0.4) is 0 Å². The molecular weight excluding hydrogens is 154 g/mol. The van der Waals surface area contributed by atoms with E-state index in [9.17, 15) is 0 Å². The molecule has 0 aromatic rings. The highest BCUT2D eigenvalue weighted by Gasteiger charge is 2.09. The minimum Gasteiger partial charge on any atom is -0.400 e. The Labute approximate surface area is 76.1 Å². The number of nitrogens with one attached hydrogen (secondary N) is 1. The number of aliphatic hydroxyl groups is 1. The third-order valence-corrected chi connectivity index (χ3v) is 1.63. The van der Waals surface area contributed by atoms with E-state index in [4.69, 9.17) is 9.84 Å². The van der Waals surface area contributed by atoms with E-state index in [-0.39, 0.29) is 0 Å². The molecule has 1 saturated heterocycles. The van der Waals surface area contributed by atoms with Gasteiger partial charge in [-0.05, 0) is 19.9 Å². The molecule has 0 saturated carbocycles. The summed E-state index contributed by atoms with van der Waals surface area (Å²) in [6, 6.07) is 0.712. The normalized spacial score (nSPS) is 16.8. The molecule has 0 radical (unpaired) electrons. The maximum absolute atomic E-state index is 7.00. The topological polar surface area (TPSA) is 41.5 Å². The van der Waals surface area contributed by atoms with E-state index >= 15 is 0 Å². The molecule has 3 heteroatoms. The third kappa shape index (κ3) is 7.98. The number of hydrogen-bond donors (Lipinski definition) is 2. The Hall–Kier alpha value is -0.120. The van der Waals surface area contributed by atoms with E-state index in [1.54, 1.807) is 0 Å². The van der Waals surface area contributed by atoms with Gasteiger partial charge in [0.05, 0.1) is 0 Å². The first-order chi connectivity index (χ1) is 5.93. The molecule has 1 rings (SSSR count). The number of rotatable bonds is 1. The first-order valence-corrected chi connectivity index (χ1v) is 4.63. The van der Waals surface area contributed by atoms with E-state index < -0.39 is 0 Å². The first-order valence-electron chi connectivity index (χ1n) is 4.63. The Balaban J connectivity index is 0. The molecule has 1 aliphatic heterocycles. The summed E-state index contributed by atoms with van der Waals surface area (Å²) in [7, 11) is 3.01. The van der Waals surface area contributed by atoms with Crippen molar-refractivity contribution < 1.29 is 9.84 Å². The summed E-state index contributed by atoms with van der Waals surface area (Å²) >= 11 is 0. The van der Waals surface area contributed by atoms with E-state index in [0.717, 1.165) is 20.3 Å². The highest BCUT2D eigenvalue weighted by molar-refractivity contribution is 4.66. The lowest BCUT2D eigenvalue weighted by molar-refractivity contribution is 0.0799. The molecule has 0 aromatic heterocycles. The lowest BCUT2D eigenvalue weighted by Gasteiger charge is -2.20. The summed E-state index contributed by atoms with van der Waals surface area (Å²) in [6.07, 6.45) is 2.35. The van der Waals surface area contributed by atoms with Gasteiger partial charge in [0.2, 0.25) is 0 Å². The molecule has 2 N–H and O–H groups in total. The zero-order chi connectivity index (χ0) is 9.82. The molecule has 0 spiro atoms. The van der Waals surface area contributed by atoms with Crippen LogP contribution in [0.25, 0.3) is 0 Å². The van der Waals surface area contributed by atoms with Crippen LogP contribution < -0.4 is 5.32 Å². The van der Waals surface area contributed by atoms with Gasteiger partial charge in [-0.1, -0.05) is 13.8 Å². The Bertz CT molecular complexity index is 63.5. The minimum absolute atomic E-state index is 0.712. The van der Waals surface area contributed by atoms with Gasteiger partial charge in [-0.15, -0.1) is 0 Å². The van der Waals surface area contributed by atoms with Crippen molar-refractivity contribution >= 4 is 0 Å². The Morgan fingerprint density at radius 1 is 1.17 bits per heavy atom. The van der Waals surface area contributed by atoms with Gasteiger partial charge in [-0.25, -0.2) is 0 Å². The zero-order valence-electron chi connectivity index (χ0n) is 8.76. The SMILES string of the molecule is CC.CNC1CCOCC1.CO. The highest BCUT2D eigenvalue weighted by atomic mass is 16.5. The fraction of sp³-hybridized carbons (Fsp3) is 1.00. The van der Waals surface area contributed by atoms with Gasteiger partial charge in [-0.3, -0.25) is 0 Å². The van der Waals surface area contributed by atoms with Gasteiger partial charge in [0.15, 0.2) is 0 Å². The molecule has 1 aliphatic rings. The van der Waals surface area contributed by atoms with Crippen LogP contribution in [-0.2, 0) is 4.74 Å². The average Bonchev–Trinajstić information content (AvgIpc) is 2.25. The van der Waals surface area contributed by atoms with Crippen LogP contribution in [0.4, 0.5) is 0 Å². The fourth-order valence-corrected chi connectivity index (χ4v) is 0.986. The van der Waals surface area contributed by atoms with Gasteiger partial charge in [-0.2, -0.15) is 0 Å². The fourth-order valence-electron chi connectivity index (χ4n) is 0.986. The lowest BCUT2D eigenvalue weighted by atomic mass is 10.1. The predicted octanol–water partition coefficient (Wildman–Crippen LogP) is 1.02. The quantitative estimate of drug-likeness (QED) is 0.628. The molecule has 0 bridgehead atoms. The van der Waals surface area contributed by atoms with Gasteiger partial charge >= 0.3 is 0 Å². The maximum atomic E-state index is 7.00. The Kier molecular flexibility index (Phi) is 16.2. The second-order valence-corrected chi connectivity index (χ2v) is 2.18. The Morgan fingerprint density at radius 3 is 1.83 bits per heavy atom. The van der Waals surface area contributed by atoms with Gasteiger partial charge < -0.3 is 15.2 Å². The van der Waals surface area contributed by atoms with Crippen molar-refractivity contribution in [3.63, 3.8) is 0 Å². The lowest BCUT2D eigenvalue weighted by Crippen LogP contribution is -2.31. The summed E-state index contributed by atoms with van der Waals surface area (Å²) in [5.41, 5.74) is 0. The second kappa shape index (κ2) is 13.5. The first kappa shape index (κ1) is 14.4. The molecule has 76 valence electrons. The average molecular weight is 177 g/mol. The molecule has 0 amide bonds. The van der Waals surface area contributed by atoms with E-state index in [1.165, 1.54) is 12.8 Å². The van der Waals surface area contributed by atoms with E-state index in [0.29, 0.717) is 6.04 Å². The zero-order valence-corrected chi connectivity index (χ0v) is 8.76. The standard InChI is InChI=1S/C6H13NO.C2H6.CH4O/c1-7-6-2-4-8-5-3-6;2*1-2/h6-7H,2-5H2,1H3;1-2H3;2H,1H3. The van der Waals surface area contributed by atoms with Crippen LogP contribution >= 0.6 is 0 Å². The van der Waals surface area contributed by atoms with Crippen LogP contribution in [0, 0.1) is 0 Å². The molecule has 12 heavy (non-hydrogen) atoms. The van der Waals surface area contributed by atoms with Crippen LogP contribution in [0.5, 0.6) is 0 Å². The largest absolute Gasteiger partial charge is 0.400 e. The van der Waals surface area contributed by atoms with Gasteiger partial charge in [0.25, 0.3) is 0 Å². The summed E-state index contributed by atoms with van der Waals surface area (Å²) in [5.74, 6) is 0. The van der Waals surface area contributed by atoms with Crippen LogP contribution in [0.15, 0.2) is 0 Å². The molecule has 1 heterocycles. The Morgan fingerprint density at radius 2 is 1.58 bits per heavy atom. The summed E-state index contributed by atoms with van der Waals surface area (Å²) in [5, 5.41) is 10.2. The van der Waals surface area contributed by atoms with Crippen molar-refractivity contribution in [2.75, 3.05) is 27.4 Å². The number of ether oxygens (including phenoxy) is 1. The molecule has 0 atom stereocenters. The van der Waals surface area contributed by atoms with Gasteiger partial charge in [0.1, 0.15) is 0 Å². The van der Waals surface area contributed by atoms with Crippen molar-refractivity contribution in [2.24, 2.45) is 0 Å². The molecule has 0 aliphatic carbocycles. The second-order valence-electron chi connectivity index (χ2n) is 2.18. The van der Waals surface area contributed by atoms with Crippen LogP contribution in [0.1, 0.15) is 26.7 Å². The van der Waals surface area contributed by atoms with E-state index in [2.05, 4.69) is 5.32 Å². The van der Waals surface area contributed by atoms with Crippen molar-refractivity contribution in [3.05, 3.63) is 0 Å². The van der Waals surface area contributed by atoms with Crippen molar-refractivity contribution in [1.29, 1.82) is 0 Å². The minimum atomic E-state index is 0.712. The third-order valence-electron chi connectivity index (χ3n) is 1.63. The van der Waals surface area contributed by atoms with Crippen LogP contribution in [0.2, 0.25) is 0 Å². The predicted molar refractivity (Wildman–Crippen MR) is 52.4 cm³/mol. The summed E-state index contributed by atoms with van der Waals surface area (Å²) in [4.78, 5) is 0. The number of hydrogen-bond acceptors (Lipinski definition) is 3. The molecule has 0 aromatic carbocycles. The monoisotopic (exact) mass is 177 g/mol. The molecule has 3 nitrogen and oxygen atoms in total. The van der Waals surface area contributed by atoms with Crippen molar-refractivity contribution in [3.8, 4) is 0 Å². The van der Waals surface area contributed by atoms with Crippen molar-refractivity contribution in [2.45, 2.75) is 32.7 Å². The molecular formula is C9H23NO2. The van der Waals surface area contributed by atoms with Crippen molar-refractivity contribution in [1.82, 2.24) is 5.32 Å².